The molecule has 1 aliphatic rings. The molecule has 1 amide bonds. The monoisotopic (exact) mass is 371 g/mol. The van der Waals surface area contributed by atoms with E-state index >= 15 is 0 Å². The maximum absolute atomic E-state index is 12.9. The summed E-state index contributed by atoms with van der Waals surface area (Å²) in [4.78, 5) is 23.2. The summed E-state index contributed by atoms with van der Waals surface area (Å²) in [5.41, 5.74) is 0.827. The molecule has 5 nitrogen and oxygen atoms in total. The number of para-hydroxylation sites is 1. The molecule has 2 aromatic rings. The van der Waals surface area contributed by atoms with Crippen molar-refractivity contribution in [2.75, 3.05) is 31.1 Å². The lowest BCUT2D eigenvalue weighted by Crippen LogP contribution is -2.34. The minimum absolute atomic E-state index is 0.370. The molecule has 0 spiro atoms. The highest BCUT2D eigenvalue weighted by molar-refractivity contribution is 7.99. The van der Waals surface area contributed by atoms with Crippen molar-refractivity contribution in [3.8, 4) is 0 Å². The van der Waals surface area contributed by atoms with E-state index in [1.807, 2.05) is 36.4 Å². The predicted octanol–water partition coefficient (Wildman–Crippen LogP) is 4.94. The first-order valence-corrected chi connectivity index (χ1v) is 9.97. The first-order valence-electron chi connectivity index (χ1n) is 9.15. The molecule has 0 N–H and O–H groups in total. The van der Waals surface area contributed by atoms with Gasteiger partial charge < -0.3 is 4.74 Å². The molecular formula is C20H25N3O2S. The molecule has 138 valence electrons. The molecule has 6 heteroatoms. The van der Waals surface area contributed by atoms with Gasteiger partial charge in [0.25, 0.3) is 0 Å². The molecular weight excluding hydrogens is 346 g/mol. The van der Waals surface area contributed by atoms with Crippen LogP contribution < -0.4 is 4.90 Å². The second-order valence-electron chi connectivity index (χ2n) is 6.19. The molecule has 1 aliphatic heterocycles. The van der Waals surface area contributed by atoms with Crippen LogP contribution in [0.2, 0.25) is 0 Å². The van der Waals surface area contributed by atoms with Gasteiger partial charge in [0.2, 0.25) is 0 Å². The van der Waals surface area contributed by atoms with Gasteiger partial charge in [0, 0.05) is 17.6 Å². The number of hydrogen-bond acceptors (Lipinski definition) is 5. The Hall–Kier alpha value is -2.05. The van der Waals surface area contributed by atoms with Gasteiger partial charge in [-0.1, -0.05) is 37.7 Å². The fraction of sp³-hybridized carbons (Fsp3) is 0.400. The summed E-state index contributed by atoms with van der Waals surface area (Å²) in [6.45, 7) is 7.52. The van der Waals surface area contributed by atoms with Crippen LogP contribution in [0.4, 0.5) is 16.3 Å². The number of aromatic nitrogens is 1. The summed E-state index contributed by atoms with van der Waals surface area (Å²) in [5, 5.41) is 0. The van der Waals surface area contributed by atoms with E-state index in [-0.39, 0.29) is 6.09 Å². The van der Waals surface area contributed by atoms with E-state index in [1.54, 1.807) is 22.9 Å². The van der Waals surface area contributed by atoms with Crippen LogP contribution in [0.1, 0.15) is 26.7 Å². The maximum atomic E-state index is 12.9. The number of pyridine rings is 1. The zero-order valence-corrected chi connectivity index (χ0v) is 16.2. The molecule has 0 saturated carbocycles. The minimum atomic E-state index is -0.370. The van der Waals surface area contributed by atoms with E-state index in [0.29, 0.717) is 12.4 Å². The quantitative estimate of drug-likeness (QED) is 0.689. The van der Waals surface area contributed by atoms with Crippen LogP contribution in [0, 0.1) is 0 Å². The normalized spacial score (nSPS) is 12.7. The van der Waals surface area contributed by atoms with Gasteiger partial charge in [0.15, 0.2) is 5.82 Å². The van der Waals surface area contributed by atoms with Gasteiger partial charge in [-0.25, -0.2) is 14.7 Å². The fourth-order valence-corrected chi connectivity index (χ4v) is 4.10. The number of benzene rings is 1. The Labute approximate surface area is 159 Å². The average Bonchev–Trinajstić information content (AvgIpc) is 2.66. The summed E-state index contributed by atoms with van der Waals surface area (Å²) >= 11 is 1.63. The number of anilines is 2. The number of carbonyl (C=O) groups excluding carboxylic acids is 1. The lowest BCUT2D eigenvalue weighted by molar-refractivity contribution is 0.135. The minimum Gasteiger partial charge on any atom is -0.448 e. The molecule has 0 atom stereocenters. The maximum Gasteiger partial charge on any atom is 0.420 e. The van der Waals surface area contributed by atoms with Crippen LogP contribution in [0.15, 0.2) is 52.4 Å². The predicted molar refractivity (Wildman–Crippen MR) is 105 cm³/mol. The first kappa shape index (κ1) is 18.7. The highest BCUT2D eigenvalue weighted by Gasteiger charge is 2.30. The van der Waals surface area contributed by atoms with Gasteiger partial charge in [-0.3, -0.25) is 4.90 Å². The van der Waals surface area contributed by atoms with Crippen LogP contribution in [0.25, 0.3) is 0 Å². The molecule has 0 bridgehead atoms. The Kier molecular flexibility index (Phi) is 6.52. The highest BCUT2D eigenvalue weighted by atomic mass is 32.2. The van der Waals surface area contributed by atoms with Gasteiger partial charge >= 0.3 is 6.09 Å². The number of amides is 1. The Bertz CT molecular complexity index is 702. The van der Waals surface area contributed by atoms with Gasteiger partial charge in [-0.15, -0.1) is 0 Å². The third-order valence-corrected chi connectivity index (χ3v) is 5.29. The smallest absolute Gasteiger partial charge is 0.420 e. The first-order chi connectivity index (χ1) is 12.7. The van der Waals surface area contributed by atoms with E-state index in [0.717, 1.165) is 48.0 Å². The van der Waals surface area contributed by atoms with Gasteiger partial charge in [-0.05, 0) is 50.2 Å². The molecule has 0 saturated heterocycles. The second kappa shape index (κ2) is 9.05. The topological polar surface area (TPSA) is 45.7 Å². The number of ether oxygens (including phenoxy) is 1. The third kappa shape index (κ3) is 4.19. The molecule has 2 heterocycles. The van der Waals surface area contributed by atoms with E-state index in [4.69, 9.17) is 4.74 Å². The fourth-order valence-electron chi connectivity index (χ4n) is 3.07. The molecule has 1 aromatic carbocycles. The summed E-state index contributed by atoms with van der Waals surface area (Å²) < 4.78 is 5.61. The molecule has 0 radical (unpaired) electrons. The van der Waals surface area contributed by atoms with Crippen molar-refractivity contribution < 1.29 is 9.53 Å². The number of fused-ring (bicyclic) bond motifs is 2. The van der Waals surface area contributed by atoms with Crippen molar-refractivity contribution in [2.45, 2.75) is 36.5 Å². The number of rotatable bonds is 7. The van der Waals surface area contributed by atoms with Crippen molar-refractivity contribution in [2.24, 2.45) is 0 Å². The number of hydrogen-bond donors (Lipinski definition) is 0. The van der Waals surface area contributed by atoms with E-state index in [9.17, 15) is 4.79 Å². The van der Waals surface area contributed by atoms with E-state index in [2.05, 4.69) is 23.7 Å². The number of nitrogens with zero attached hydrogens (tertiary/aromatic N) is 3. The molecule has 0 unspecified atom stereocenters. The van der Waals surface area contributed by atoms with Crippen LogP contribution in [0.5, 0.6) is 0 Å². The Morgan fingerprint density at radius 2 is 1.81 bits per heavy atom. The zero-order valence-electron chi connectivity index (χ0n) is 15.4. The highest BCUT2D eigenvalue weighted by Crippen LogP contribution is 2.46. The standard InChI is InChI=1S/C20H25N3O2S/c1-3-12-22(13-4-2)14-15-25-20(24)23-16-8-5-6-9-17(16)26-18-10-7-11-21-19(18)23/h5-11H,3-4,12-15H2,1-2H3. The SMILES string of the molecule is CCCN(CCC)CCOC(=O)N1c2ccccc2Sc2cccnc21. The van der Waals surface area contributed by atoms with Crippen LogP contribution in [-0.4, -0.2) is 42.2 Å². The molecule has 1 aromatic heterocycles. The van der Waals surface area contributed by atoms with Crippen LogP contribution >= 0.6 is 11.8 Å². The summed E-state index contributed by atoms with van der Waals surface area (Å²) in [7, 11) is 0. The molecule has 26 heavy (non-hydrogen) atoms. The lowest BCUT2D eigenvalue weighted by atomic mass is 10.2. The largest absolute Gasteiger partial charge is 0.448 e. The van der Waals surface area contributed by atoms with Crippen molar-refractivity contribution in [3.63, 3.8) is 0 Å². The summed E-state index contributed by atoms with van der Waals surface area (Å²) in [6.07, 6.45) is 3.53. The molecule has 0 fully saturated rings. The van der Waals surface area contributed by atoms with Crippen LogP contribution in [0.3, 0.4) is 0 Å². The Balaban J connectivity index is 1.73. The van der Waals surface area contributed by atoms with Crippen molar-refractivity contribution >= 4 is 29.4 Å². The lowest BCUT2D eigenvalue weighted by Gasteiger charge is -2.29. The van der Waals surface area contributed by atoms with Crippen LogP contribution in [-0.2, 0) is 4.74 Å². The van der Waals surface area contributed by atoms with Gasteiger partial charge in [0.05, 0.1) is 10.6 Å². The van der Waals surface area contributed by atoms with E-state index in [1.165, 1.54) is 0 Å². The third-order valence-electron chi connectivity index (χ3n) is 4.18. The number of carbonyl (C=O) groups is 1. The van der Waals surface area contributed by atoms with Gasteiger partial charge in [0.1, 0.15) is 6.61 Å². The zero-order chi connectivity index (χ0) is 18.4. The Morgan fingerprint density at radius 1 is 1.08 bits per heavy atom. The van der Waals surface area contributed by atoms with Crippen molar-refractivity contribution in [1.82, 2.24) is 9.88 Å². The summed E-state index contributed by atoms with van der Waals surface area (Å²) in [6, 6.07) is 11.7. The van der Waals surface area contributed by atoms with Crippen molar-refractivity contribution in [3.05, 3.63) is 42.6 Å². The molecule has 0 aliphatic carbocycles. The van der Waals surface area contributed by atoms with Crippen molar-refractivity contribution in [1.29, 1.82) is 0 Å². The molecule has 3 rings (SSSR count). The van der Waals surface area contributed by atoms with Gasteiger partial charge in [-0.2, -0.15) is 0 Å². The van der Waals surface area contributed by atoms with E-state index < -0.39 is 0 Å². The summed E-state index contributed by atoms with van der Waals surface area (Å²) in [5.74, 6) is 0.639. The Morgan fingerprint density at radius 3 is 2.58 bits per heavy atom. The second-order valence-corrected chi connectivity index (χ2v) is 7.27. The average molecular weight is 372 g/mol.